The summed E-state index contributed by atoms with van der Waals surface area (Å²) in [6.45, 7) is 10.3. The normalized spacial score (nSPS) is 38.1. The molecule has 1 heterocycles. The van der Waals surface area contributed by atoms with Crippen LogP contribution >= 0.6 is 0 Å². The second-order valence-corrected chi connectivity index (χ2v) is 6.98. The van der Waals surface area contributed by atoms with E-state index in [9.17, 15) is 0 Å². The van der Waals surface area contributed by atoms with Gasteiger partial charge in [0.05, 0.1) is 6.10 Å². The highest BCUT2D eigenvalue weighted by Crippen LogP contribution is 2.39. The molecule has 0 radical (unpaired) electrons. The summed E-state index contributed by atoms with van der Waals surface area (Å²) in [7, 11) is 2.11. The topological polar surface area (TPSA) is 24.5 Å². The van der Waals surface area contributed by atoms with Gasteiger partial charge in [0.15, 0.2) is 0 Å². The van der Waals surface area contributed by atoms with Crippen LogP contribution in [-0.2, 0) is 4.74 Å². The highest BCUT2D eigenvalue weighted by Gasteiger charge is 2.35. The van der Waals surface area contributed by atoms with Crippen molar-refractivity contribution in [3.8, 4) is 0 Å². The maximum atomic E-state index is 5.77. The van der Waals surface area contributed by atoms with Crippen LogP contribution in [0.3, 0.4) is 0 Å². The predicted octanol–water partition coefficient (Wildman–Crippen LogP) is 2.51. The Hall–Kier alpha value is -0.120. The van der Waals surface area contributed by atoms with E-state index in [2.05, 4.69) is 31.1 Å². The Labute approximate surface area is 119 Å². The maximum absolute atomic E-state index is 5.77. The molecule has 2 aliphatic rings. The minimum atomic E-state index is 0.400. The first-order chi connectivity index (χ1) is 9.13. The Kier molecular flexibility index (Phi) is 5.67. The van der Waals surface area contributed by atoms with Crippen molar-refractivity contribution in [2.24, 2.45) is 11.3 Å². The van der Waals surface area contributed by atoms with Gasteiger partial charge in [-0.15, -0.1) is 0 Å². The summed E-state index contributed by atoms with van der Waals surface area (Å²) < 4.78 is 5.77. The Morgan fingerprint density at radius 3 is 2.68 bits per heavy atom. The first kappa shape index (κ1) is 15.3. The van der Waals surface area contributed by atoms with E-state index in [1.807, 2.05) is 0 Å². The number of ether oxygens (including phenoxy) is 1. The zero-order chi connectivity index (χ0) is 13.7. The molecule has 2 rings (SSSR count). The van der Waals surface area contributed by atoms with Gasteiger partial charge in [0.25, 0.3) is 0 Å². The second kappa shape index (κ2) is 7.05. The van der Waals surface area contributed by atoms with Crippen molar-refractivity contribution in [1.82, 2.24) is 10.2 Å². The Morgan fingerprint density at radius 1 is 1.26 bits per heavy atom. The van der Waals surface area contributed by atoms with Crippen molar-refractivity contribution in [3.63, 3.8) is 0 Å². The van der Waals surface area contributed by atoms with Gasteiger partial charge in [-0.1, -0.05) is 19.8 Å². The molecule has 0 aromatic carbocycles. The summed E-state index contributed by atoms with van der Waals surface area (Å²) in [5, 5.41) is 3.45. The average Bonchev–Trinajstić information content (AvgIpc) is 2.58. The van der Waals surface area contributed by atoms with Gasteiger partial charge in [-0.2, -0.15) is 0 Å². The summed E-state index contributed by atoms with van der Waals surface area (Å²) >= 11 is 0. The average molecular weight is 268 g/mol. The fourth-order valence-electron chi connectivity index (χ4n) is 3.84. The number of rotatable bonds is 4. The summed E-state index contributed by atoms with van der Waals surface area (Å²) in [5.74, 6) is 0.927. The van der Waals surface area contributed by atoms with Crippen molar-refractivity contribution in [1.29, 1.82) is 0 Å². The van der Waals surface area contributed by atoms with E-state index < -0.39 is 0 Å². The molecule has 0 bridgehead atoms. The van der Waals surface area contributed by atoms with Gasteiger partial charge in [0.1, 0.15) is 0 Å². The molecule has 1 aliphatic heterocycles. The highest BCUT2D eigenvalue weighted by molar-refractivity contribution is 4.89. The molecular weight excluding hydrogens is 236 g/mol. The van der Waals surface area contributed by atoms with Gasteiger partial charge in [-0.05, 0) is 44.6 Å². The van der Waals surface area contributed by atoms with Crippen LogP contribution in [0.2, 0.25) is 0 Å². The Morgan fingerprint density at radius 2 is 2.00 bits per heavy atom. The van der Waals surface area contributed by atoms with Crippen LogP contribution in [0.1, 0.15) is 46.0 Å². The number of hydrogen-bond acceptors (Lipinski definition) is 3. The van der Waals surface area contributed by atoms with Gasteiger partial charge in [-0.3, -0.25) is 0 Å². The van der Waals surface area contributed by atoms with Crippen molar-refractivity contribution in [2.75, 3.05) is 39.8 Å². The highest BCUT2D eigenvalue weighted by atomic mass is 16.5. The second-order valence-electron chi connectivity index (χ2n) is 6.98. The first-order valence-electron chi connectivity index (χ1n) is 8.12. The van der Waals surface area contributed by atoms with E-state index >= 15 is 0 Å². The van der Waals surface area contributed by atoms with Crippen LogP contribution in [0.25, 0.3) is 0 Å². The smallest absolute Gasteiger partial charge is 0.0673 e. The van der Waals surface area contributed by atoms with Gasteiger partial charge >= 0.3 is 0 Å². The fourth-order valence-corrected chi connectivity index (χ4v) is 3.84. The molecule has 2 fully saturated rings. The third-order valence-corrected chi connectivity index (χ3v) is 4.98. The molecule has 0 amide bonds. The summed E-state index contributed by atoms with van der Waals surface area (Å²) in [6.07, 6.45) is 7.18. The van der Waals surface area contributed by atoms with E-state index in [0.29, 0.717) is 11.5 Å². The Bertz CT molecular complexity index is 261. The van der Waals surface area contributed by atoms with Gasteiger partial charge in [0, 0.05) is 32.8 Å². The van der Waals surface area contributed by atoms with Crippen molar-refractivity contribution in [3.05, 3.63) is 0 Å². The number of nitrogens with one attached hydrogen (secondary N) is 1. The maximum Gasteiger partial charge on any atom is 0.0673 e. The lowest BCUT2D eigenvalue weighted by Crippen LogP contribution is -2.47. The lowest BCUT2D eigenvalue weighted by Gasteiger charge is -2.43. The molecular formula is C16H32N2O. The lowest BCUT2D eigenvalue weighted by atomic mass is 9.70. The molecule has 1 saturated carbocycles. The minimum absolute atomic E-state index is 0.400. The third kappa shape index (κ3) is 4.44. The van der Waals surface area contributed by atoms with Crippen LogP contribution < -0.4 is 5.32 Å². The molecule has 0 aromatic heterocycles. The van der Waals surface area contributed by atoms with E-state index in [-0.39, 0.29) is 0 Å². The molecule has 1 unspecified atom stereocenters. The van der Waals surface area contributed by atoms with E-state index in [4.69, 9.17) is 4.74 Å². The van der Waals surface area contributed by atoms with E-state index in [1.54, 1.807) is 0 Å². The molecule has 0 aromatic rings. The van der Waals surface area contributed by atoms with E-state index in [1.165, 1.54) is 51.7 Å². The predicted molar refractivity (Wildman–Crippen MR) is 80.5 cm³/mol. The van der Waals surface area contributed by atoms with E-state index in [0.717, 1.165) is 19.1 Å². The van der Waals surface area contributed by atoms with Gasteiger partial charge in [0.2, 0.25) is 0 Å². The van der Waals surface area contributed by atoms with Gasteiger partial charge < -0.3 is 15.0 Å². The first-order valence-corrected chi connectivity index (χ1v) is 8.12. The number of nitrogens with zero attached hydrogens (tertiary/aromatic N) is 1. The zero-order valence-corrected chi connectivity index (χ0v) is 13.1. The molecule has 1 N–H and O–H groups in total. The SMILES string of the molecule is CNCC1(CN2CCCOC(C)C2)CCC(C)CC1. The summed E-state index contributed by atoms with van der Waals surface area (Å²) in [5.41, 5.74) is 0.505. The molecule has 1 saturated heterocycles. The van der Waals surface area contributed by atoms with Crippen molar-refractivity contribution < 1.29 is 4.74 Å². The number of hydrogen-bond donors (Lipinski definition) is 1. The fraction of sp³-hybridized carbons (Fsp3) is 1.00. The molecule has 19 heavy (non-hydrogen) atoms. The van der Waals surface area contributed by atoms with Crippen LogP contribution in [0.15, 0.2) is 0 Å². The molecule has 3 nitrogen and oxygen atoms in total. The minimum Gasteiger partial charge on any atom is -0.377 e. The van der Waals surface area contributed by atoms with Gasteiger partial charge in [-0.25, -0.2) is 0 Å². The van der Waals surface area contributed by atoms with Crippen LogP contribution in [0, 0.1) is 11.3 Å². The lowest BCUT2D eigenvalue weighted by molar-refractivity contribution is 0.0482. The summed E-state index contributed by atoms with van der Waals surface area (Å²) in [6, 6.07) is 0. The quantitative estimate of drug-likeness (QED) is 0.848. The van der Waals surface area contributed by atoms with Crippen LogP contribution in [0.4, 0.5) is 0 Å². The largest absolute Gasteiger partial charge is 0.377 e. The molecule has 1 atom stereocenters. The van der Waals surface area contributed by atoms with Crippen molar-refractivity contribution >= 4 is 0 Å². The molecule has 3 heteroatoms. The van der Waals surface area contributed by atoms with Crippen LogP contribution in [-0.4, -0.2) is 50.8 Å². The van der Waals surface area contributed by atoms with Crippen molar-refractivity contribution in [2.45, 2.75) is 52.1 Å². The Balaban J connectivity index is 1.95. The zero-order valence-electron chi connectivity index (χ0n) is 13.1. The molecule has 1 aliphatic carbocycles. The third-order valence-electron chi connectivity index (χ3n) is 4.98. The summed E-state index contributed by atoms with van der Waals surface area (Å²) in [4.78, 5) is 2.66. The molecule has 0 spiro atoms. The molecule has 112 valence electrons. The van der Waals surface area contributed by atoms with Crippen LogP contribution in [0.5, 0.6) is 0 Å². The standard InChI is InChI=1S/C16H32N2O/c1-14-5-7-16(8-6-14,12-17-3)13-18-9-4-10-19-15(2)11-18/h14-15,17H,4-13H2,1-3H3. The monoisotopic (exact) mass is 268 g/mol.